The third-order valence-electron chi connectivity index (χ3n) is 8.72. The molecule has 240 valence electrons. The summed E-state index contributed by atoms with van der Waals surface area (Å²) in [5, 5.41) is 41.3. The molecule has 2 aliphatic rings. The van der Waals surface area contributed by atoms with E-state index in [2.05, 4.69) is 15.6 Å². The third-order valence-corrected chi connectivity index (χ3v) is 11.2. The first-order valence-electron chi connectivity index (χ1n) is 14.8. The Balaban J connectivity index is 1.49. The predicted octanol–water partition coefficient (Wildman–Crippen LogP) is 2.48. The van der Waals surface area contributed by atoms with Crippen LogP contribution in [0.2, 0.25) is 18.6 Å². The van der Waals surface area contributed by atoms with E-state index in [1.165, 1.54) is 19.1 Å². The Morgan fingerprint density at radius 3 is 2.58 bits per heavy atom. The molecule has 2 aliphatic heterocycles. The fraction of sp³-hybridized carbons (Fsp3) is 0.467. The Kier molecular flexibility index (Phi) is 8.92. The van der Waals surface area contributed by atoms with Gasteiger partial charge in [-0.25, -0.2) is 0 Å². The van der Waals surface area contributed by atoms with Gasteiger partial charge in [0.1, 0.15) is 6.10 Å². The maximum Gasteiger partial charge on any atom is 0.269 e. The van der Waals surface area contributed by atoms with Crippen molar-refractivity contribution < 1.29 is 34.3 Å². The van der Waals surface area contributed by atoms with E-state index in [0.717, 1.165) is 5.56 Å². The topological polar surface area (TPSA) is 193 Å². The van der Waals surface area contributed by atoms with E-state index in [1.54, 1.807) is 46.1 Å². The van der Waals surface area contributed by atoms with Crippen LogP contribution in [0.5, 0.6) is 0 Å². The van der Waals surface area contributed by atoms with E-state index in [4.69, 9.17) is 4.74 Å². The van der Waals surface area contributed by atoms with E-state index in [1.807, 2.05) is 20.0 Å². The second kappa shape index (κ2) is 12.4. The molecule has 5 atom stereocenters. The third kappa shape index (κ3) is 6.13. The van der Waals surface area contributed by atoms with Crippen molar-refractivity contribution in [3.63, 3.8) is 0 Å². The predicted molar refractivity (Wildman–Crippen MR) is 166 cm³/mol. The Morgan fingerprint density at radius 2 is 1.96 bits per heavy atom. The monoisotopic (exact) mass is 638 g/mol. The number of aromatic nitrogens is 3. The van der Waals surface area contributed by atoms with Crippen molar-refractivity contribution in [2.45, 2.75) is 76.2 Å². The van der Waals surface area contributed by atoms with Gasteiger partial charge in [0.05, 0.1) is 29.0 Å². The first kappa shape index (κ1) is 32.4. The van der Waals surface area contributed by atoms with Gasteiger partial charge in [0.2, 0.25) is 0 Å². The summed E-state index contributed by atoms with van der Waals surface area (Å²) in [5.41, 5.74) is 0.637. The quantitative estimate of drug-likeness (QED) is 0.138. The fourth-order valence-corrected chi connectivity index (χ4v) is 9.27. The number of carbonyl (C=O) groups is 2. The number of ether oxygens (including phenoxy) is 1. The molecule has 0 unspecified atom stereocenters. The van der Waals surface area contributed by atoms with Gasteiger partial charge in [-0.1, -0.05) is 24.3 Å². The average Bonchev–Trinajstić information content (AvgIpc) is 3.62. The summed E-state index contributed by atoms with van der Waals surface area (Å²) < 4.78 is 8.39. The number of aryl methyl sites for hydroxylation is 1. The standard InChI is InChI=1S/C30H38N6O8Si/c1-18-27(45(3,4)43)26(11-13-34-17-22(12-14-37)32-33-34)44-30(18)24-15-23(36(41)42)9-10-25(24)35(29(30)40)16-20-5-7-21(8-6-20)31-28(39)19(2)38/h5-10,15,17-19,26-27,37-38,43H,11-14,16H2,1-4H3,(H,31,39)/t18-,19-,26+,27-,30+/m0/s1. The molecule has 5 rings (SSSR count). The molecule has 4 N–H and O–H groups in total. The number of hydrogen-bond acceptors (Lipinski definition) is 10. The van der Waals surface area contributed by atoms with Gasteiger partial charge in [-0.2, -0.15) is 0 Å². The lowest BCUT2D eigenvalue weighted by Crippen LogP contribution is -2.46. The number of non-ortho nitro benzene ring substituents is 1. The number of hydrogen-bond donors (Lipinski definition) is 4. The van der Waals surface area contributed by atoms with E-state index >= 15 is 0 Å². The van der Waals surface area contributed by atoms with Crippen LogP contribution >= 0.6 is 0 Å². The van der Waals surface area contributed by atoms with Crippen molar-refractivity contribution in [1.82, 2.24) is 15.0 Å². The van der Waals surface area contributed by atoms with Crippen molar-refractivity contribution in [2.24, 2.45) is 5.92 Å². The number of aliphatic hydroxyl groups excluding tert-OH is 2. The molecule has 2 aromatic carbocycles. The van der Waals surface area contributed by atoms with Crippen LogP contribution in [0.4, 0.5) is 17.1 Å². The molecule has 3 aromatic rings. The summed E-state index contributed by atoms with van der Waals surface area (Å²) in [6.45, 7) is 7.33. The van der Waals surface area contributed by atoms with Crippen LogP contribution in [0.1, 0.15) is 37.1 Å². The number of amides is 2. The van der Waals surface area contributed by atoms with Crippen LogP contribution in [0.15, 0.2) is 48.7 Å². The molecule has 2 amide bonds. The Bertz CT molecular complexity index is 1590. The minimum absolute atomic E-state index is 0.0509. The van der Waals surface area contributed by atoms with Gasteiger partial charge >= 0.3 is 0 Å². The minimum Gasteiger partial charge on any atom is -0.432 e. The number of anilines is 2. The number of rotatable bonds is 11. The molecule has 0 radical (unpaired) electrons. The number of benzene rings is 2. The maximum absolute atomic E-state index is 14.6. The molecular formula is C30H38N6O8Si. The summed E-state index contributed by atoms with van der Waals surface area (Å²) in [6.07, 6.45) is 0.801. The lowest BCUT2D eigenvalue weighted by atomic mass is 9.82. The molecule has 0 aliphatic carbocycles. The zero-order valence-electron chi connectivity index (χ0n) is 25.6. The number of fused-ring (bicyclic) bond motifs is 2. The SMILES string of the molecule is C[C@H](O)C(=O)Nc1ccc(CN2C(=O)[C@]3(O[C@H](CCn4cc(CCO)nn4)[C@@H]([Si](C)(C)O)[C@@H]3C)c3cc([N+](=O)[O-])ccc32)cc1. The summed E-state index contributed by atoms with van der Waals surface area (Å²) >= 11 is 0. The van der Waals surface area contributed by atoms with E-state index < -0.39 is 42.9 Å². The molecule has 1 fully saturated rings. The molecule has 0 bridgehead atoms. The van der Waals surface area contributed by atoms with Gasteiger partial charge in [-0.05, 0) is 50.2 Å². The van der Waals surface area contributed by atoms with Gasteiger partial charge in [0.25, 0.3) is 17.5 Å². The molecule has 15 heteroatoms. The molecule has 1 spiro atoms. The Labute approximate surface area is 260 Å². The second-order valence-electron chi connectivity index (χ2n) is 12.3. The van der Waals surface area contributed by atoms with Crippen molar-refractivity contribution in [1.29, 1.82) is 0 Å². The Morgan fingerprint density at radius 1 is 1.24 bits per heavy atom. The van der Waals surface area contributed by atoms with Crippen molar-refractivity contribution in [2.75, 3.05) is 16.8 Å². The fourth-order valence-electron chi connectivity index (χ4n) is 6.67. The normalized spacial score (nSPS) is 23.4. The summed E-state index contributed by atoms with van der Waals surface area (Å²) in [4.78, 5) is 50.8. The summed E-state index contributed by atoms with van der Waals surface area (Å²) in [5.74, 6) is -1.42. The van der Waals surface area contributed by atoms with E-state index in [-0.39, 0.29) is 30.3 Å². The lowest BCUT2D eigenvalue weighted by molar-refractivity contribution is -0.385. The van der Waals surface area contributed by atoms with Crippen LogP contribution in [-0.2, 0) is 39.4 Å². The van der Waals surface area contributed by atoms with Gasteiger partial charge in [-0.15, -0.1) is 5.10 Å². The number of carbonyl (C=O) groups excluding carboxylic acids is 2. The zero-order chi connectivity index (χ0) is 32.7. The largest absolute Gasteiger partial charge is 0.432 e. The molecule has 45 heavy (non-hydrogen) atoms. The Hall–Kier alpha value is -4.02. The average molecular weight is 639 g/mol. The highest BCUT2D eigenvalue weighted by Crippen LogP contribution is 2.60. The highest BCUT2D eigenvalue weighted by molar-refractivity contribution is 6.71. The minimum atomic E-state index is -2.96. The lowest BCUT2D eigenvalue weighted by Gasteiger charge is -2.32. The first-order chi connectivity index (χ1) is 21.3. The number of nitrogens with one attached hydrogen (secondary N) is 1. The first-order valence-corrected chi connectivity index (χ1v) is 17.9. The number of aliphatic hydroxyl groups is 2. The van der Waals surface area contributed by atoms with Crippen LogP contribution in [-0.4, -0.2) is 73.9 Å². The molecule has 1 saturated heterocycles. The molecule has 14 nitrogen and oxygen atoms in total. The highest BCUT2D eigenvalue weighted by Gasteiger charge is 2.66. The van der Waals surface area contributed by atoms with Gasteiger partial charge in [-0.3, -0.25) is 24.4 Å². The summed E-state index contributed by atoms with van der Waals surface area (Å²) in [6, 6.07) is 11.2. The highest BCUT2D eigenvalue weighted by atomic mass is 28.4. The van der Waals surface area contributed by atoms with Crippen molar-refractivity contribution >= 4 is 37.2 Å². The van der Waals surface area contributed by atoms with Crippen LogP contribution in [0, 0.1) is 16.0 Å². The van der Waals surface area contributed by atoms with Crippen LogP contribution in [0.3, 0.4) is 0 Å². The van der Waals surface area contributed by atoms with E-state index in [9.17, 15) is 34.7 Å². The number of nitro groups is 1. The summed E-state index contributed by atoms with van der Waals surface area (Å²) in [7, 11) is -2.96. The number of nitro benzene ring substituents is 1. The van der Waals surface area contributed by atoms with Gasteiger partial charge < -0.3 is 30.0 Å². The molecule has 3 heterocycles. The van der Waals surface area contributed by atoms with Crippen molar-refractivity contribution in [3.05, 3.63) is 75.6 Å². The number of nitrogens with zero attached hydrogens (tertiary/aromatic N) is 5. The van der Waals surface area contributed by atoms with E-state index in [0.29, 0.717) is 42.0 Å². The zero-order valence-corrected chi connectivity index (χ0v) is 26.6. The molecular weight excluding hydrogens is 600 g/mol. The second-order valence-corrected chi connectivity index (χ2v) is 16.3. The smallest absolute Gasteiger partial charge is 0.269 e. The van der Waals surface area contributed by atoms with Crippen LogP contribution < -0.4 is 10.2 Å². The molecule has 0 saturated carbocycles. The molecule has 1 aromatic heterocycles. The maximum atomic E-state index is 14.6. The van der Waals surface area contributed by atoms with Crippen LogP contribution in [0.25, 0.3) is 0 Å². The van der Waals surface area contributed by atoms with Crippen molar-refractivity contribution in [3.8, 4) is 0 Å². The van der Waals surface area contributed by atoms with Gasteiger partial charge in [0.15, 0.2) is 13.9 Å². The van der Waals surface area contributed by atoms with Gasteiger partial charge in [0, 0.05) is 60.6 Å².